The van der Waals surface area contributed by atoms with Crippen LogP contribution in [0.1, 0.15) is 21.1 Å². The molecule has 0 amide bonds. The first-order chi connectivity index (χ1) is 15.8. The molecule has 11 heteroatoms. The molecule has 3 aromatic rings. The van der Waals surface area contributed by atoms with Crippen molar-refractivity contribution in [1.82, 2.24) is 14.3 Å². The number of thiophene rings is 1. The van der Waals surface area contributed by atoms with Gasteiger partial charge in [-0.2, -0.15) is 4.31 Å². The van der Waals surface area contributed by atoms with Crippen LogP contribution in [0.15, 0.2) is 46.7 Å². The number of nitrogens with one attached hydrogen (secondary N) is 1. The summed E-state index contributed by atoms with van der Waals surface area (Å²) in [6.45, 7) is 5.36. The number of methoxy groups -OCH3 is 1. The van der Waals surface area contributed by atoms with E-state index in [0.29, 0.717) is 24.7 Å². The quantitative estimate of drug-likeness (QED) is 0.529. The molecule has 3 heterocycles. The van der Waals surface area contributed by atoms with Crippen LogP contribution in [0.3, 0.4) is 0 Å². The SMILES string of the molecule is COC(=O)c1sccc1S(=O)(=O)N1CCN(c2cc(Nc3ccc(C)cc3)nc(C)n2)CC1. The summed E-state index contributed by atoms with van der Waals surface area (Å²) < 4.78 is 32.4. The van der Waals surface area contributed by atoms with Crippen LogP contribution >= 0.6 is 11.3 Å². The molecular formula is C22H25N5O4S2. The summed E-state index contributed by atoms with van der Waals surface area (Å²) in [4.78, 5) is 23.1. The molecule has 1 aliphatic rings. The van der Waals surface area contributed by atoms with Gasteiger partial charge in [-0.25, -0.2) is 23.2 Å². The van der Waals surface area contributed by atoms with Crippen molar-refractivity contribution in [2.75, 3.05) is 43.5 Å². The van der Waals surface area contributed by atoms with E-state index in [1.807, 2.05) is 49.1 Å². The summed E-state index contributed by atoms with van der Waals surface area (Å²) in [5.41, 5.74) is 2.10. The number of benzene rings is 1. The molecule has 1 aliphatic heterocycles. The van der Waals surface area contributed by atoms with Gasteiger partial charge in [-0.1, -0.05) is 17.7 Å². The van der Waals surface area contributed by atoms with Crippen LogP contribution < -0.4 is 10.2 Å². The van der Waals surface area contributed by atoms with Gasteiger partial charge < -0.3 is 15.0 Å². The van der Waals surface area contributed by atoms with E-state index in [1.54, 1.807) is 5.38 Å². The Labute approximate surface area is 197 Å². The van der Waals surface area contributed by atoms with Gasteiger partial charge in [-0.05, 0) is 37.4 Å². The number of esters is 1. The van der Waals surface area contributed by atoms with E-state index < -0.39 is 16.0 Å². The molecule has 0 saturated carbocycles. The van der Waals surface area contributed by atoms with Crippen molar-refractivity contribution in [3.05, 3.63) is 58.0 Å². The van der Waals surface area contributed by atoms with Crippen LogP contribution in [0.4, 0.5) is 17.3 Å². The highest BCUT2D eigenvalue weighted by atomic mass is 32.2. The Hall–Kier alpha value is -3.02. The highest BCUT2D eigenvalue weighted by Crippen LogP contribution is 2.28. The lowest BCUT2D eigenvalue weighted by Gasteiger charge is -2.34. The third-order valence-corrected chi connectivity index (χ3v) is 8.29. The molecule has 33 heavy (non-hydrogen) atoms. The van der Waals surface area contributed by atoms with E-state index in [2.05, 4.69) is 15.3 Å². The molecule has 1 saturated heterocycles. The molecular weight excluding hydrogens is 462 g/mol. The fourth-order valence-electron chi connectivity index (χ4n) is 3.60. The predicted octanol–water partition coefficient (Wildman–Crippen LogP) is 3.20. The van der Waals surface area contributed by atoms with Crippen LogP contribution in [-0.4, -0.2) is 61.9 Å². The van der Waals surface area contributed by atoms with Crippen LogP contribution in [0.5, 0.6) is 0 Å². The van der Waals surface area contributed by atoms with E-state index >= 15 is 0 Å². The maximum absolute atomic E-state index is 13.1. The van der Waals surface area contributed by atoms with Crippen molar-refractivity contribution >= 4 is 44.7 Å². The van der Waals surface area contributed by atoms with E-state index in [-0.39, 0.29) is 22.9 Å². The number of carbonyl (C=O) groups is 1. The monoisotopic (exact) mass is 487 g/mol. The van der Waals surface area contributed by atoms with E-state index in [4.69, 9.17) is 4.74 Å². The third-order valence-electron chi connectivity index (χ3n) is 5.33. The zero-order chi connectivity index (χ0) is 23.6. The Morgan fingerprint density at radius 2 is 1.76 bits per heavy atom. The summed E-state index contributed by atoms with van der Waals surface area (Å²) in [5, 5.41) is 4.88. The second-order valence-electron chi connectivity index (χ2n) is 7.65. The smallest absolute Gasteiger partial charge is 0.349 e. The highest BCUT2D eigenvalue weighted by Gasteiger charge is 2.33. The van der Waals surface area contributed by atoms with Crippen LogP contribution in [0.25, 0.3) is 0 Å². The number of nitrogens with zero attached hydrogens (tertiary/aromatic N) is 4. The lowest BCUT2D eigenvalue weighted by Crippen LogP contribution is -2.49. The predicted molar refractivity (Wildman–Crippen MR) is 128 cm³/mol. The number of hydrogen-bond donors (Lipinski definition) is 1. The molecule has 0 unspecified atom stereocenters. The molecule has 1 fully saturated rings. The zero-order valence-corrected chi connectivity index (χ0v) is 20.2. The van der Waals surface area contributed by atoms with Gasteiger partial charge in [0.2, 0.25) is 10.0 Å². The highest BCUT2D eigenvalue weighted by molar-refractivity contribution is 7.89. The van der Waals surface area contributed by atoms with Gasteiger partial charge in [0.1, 0.15) is 27.2 Å². The maximum Gasteiger partial charge on any atom is 0.349 e. The molecule has 2 aromatic heterocycles. The largest absolute Gasteiger partial charge is 0.465 e. The number of hydrogen-bond acceptors (Lipinski definition) is 9. The number of ether oxygens (including phenoxy) is 1. The van der Waals surface area contributed by atoms with E-state index in [1.165, 1.54) is 23.0 Å². The average molecular weight is 488 g/mol. The standard InChI is InChI=1S/C22H25N5O4S2/c1-15-4-6-17(7-5-15)25-19-14-20(24-16(2)23-19)26-9-11-27(12-10-26)33(29,30)18-8-13-32-21(18)22(28)31-3/h4-8,13-14H,9-12H2,1-3H3,(H,23,24,25). The first-order valence-electron chi connectivity index (χ1n) is 10.4. The Morgan fingerprint density at radius 1 is 1.06 bits per heavy atom. The fourth-order valence-corrected chi connectivity index (χ4v) is 6.33. The number of aryl methyl sites for hydroxylation is 2. The number of anilines is 3. The molecule has 0 spiro atoms. The molecule has 1 aromatic carbocycles. The molecule has 174 valence electrons. The van der Waals surface area contributed by atoms with Crippen molar-refractivity contribution < 1.29 is 17.9 Å². The topological polar surface area (TPSA) is 105 Å². The maximum atomic E-state index is 13.1. The zero-order valence-electron chi connectivity index (χ0n) is 18.6. The van der Waals surface area contributed by atoms with E-state index in [0.717, 1.165) is 22.8 Å². The van der Waals surface area contributed by atoms with Crippen LogP contribution in [0, 0.1) is 13.8 Å². The minimum Gasteiger partial charge on any atom is -0.465 e. The summed E-state index contributed by atoms with van der Waals surface area (Å²) in [7, 11) is -2.56. The van der Waals surface area contributed by atoms with Crippen molar-refractivity contribution in [3.8, 4) is 0 Å². The van der Waals surface area contributed by atoms with Crippen molar-refractivity contribution in [1.29, 1.82) is 0 Å². The molecule has 0 radical (unpaired) electrons. The summed E-state index contributed by atoms with van der Waals surface area (Å²) in [6.07, 6.45) is 0. The lowest BCUT2D eigenvalue weighted by molar-refractivity contribution is 0.0602. The summed E-state index contributed by atoms with van der Waals surface area (Å²) in [5.74, 6) is 1.39. The van der Waals surface area contributed by atoms with Gasteiger partial charge in [-0.3, -0.25) is 0 Å². The molecule has 1 N–H and O–H groups in total. The van der Waals surface area contributed by atoms with Crippen molar-refractivity contribution in [3.63, 3.8) is 0 Å². The minimum absolute atomic E-state index is 0.00438. The van der Waals surface area contributed by atoms with Crippen LogP contribution in [-0.2, 0) is 14.8 Å². The van der Waals surface area contributed by atoms with Crippen molar-refractivity contribution in [2.45, 2.75) is 18.7 Å². The molecule has 0 atom stereocenters. The first-order valence-corrected chi connectivity index (χ1v) is 12.7. The Balaban J connectivity index is 1.48. The number of piperazine rings is 1. The van der Waals surface area contributed by atoms with E-state index in [9.17, 15) is 13.2 Å². The second kappa shape index (κ2) is 9.46. The van der Waals surface area contributed by atoms with Gasteiger partial charge in [-0.15, -0.1) is 11.3 Å². The Morgan fingerprint density at radius 3 is 2.42 bits per heavy atom. The normalized spacial score (nSPS) is 14.8. The van der Waals surface area contributed by atoms with Gasteiger partial charge >= 0.3 is 5.97 Å². The number of aromatic nitrogens is 2. The van der Waals surface area contributed by atoms with Gasteiger partial charge in [0, 0.05) is 37.9 Å². The number of carbonyl (C=O) groups excluding carboxylic acids is 1. The Kier molecular flexibility index (Phi) is 6.63. The average Bonchev–Trinajstić information content (AvgIpc) is 3.31. The lowest BCUT2D eigenvalue weighted by atomic mass is 10.2. The second-order valence-corrected chi connectivity index (χ2v) is 10.5. The first kappa shape index (κ1) is 23.1. The molecule has 0 aliphatic carbocycles. The van der Waals surface area contributed by atoms with Crippen molar-refractivity contribution in [2.24, 2.45) is 0 Å². The van der Waals surface area contributed by atoms with Gasteiger partial charge in [0.25, 0.3) is 0 Å². The summed E-state index contributed by atoms with van der Waals surface area (Å²) >= 11 is 1.06. The minimum atomic E-state index is -3.80. The third kappa shape index (κ3) is 5.00. The van der Waals surface area contributed by atoms with Gasteiger partial charge in [0.05, 0.1) is 7.11 Å². The Bertz CT molecular complexity index is 1250. The fraction of sp³-hybridized carbons (Fsp3) is 0.318. The van der Waals surface area contributed by atoms with Gasteiger partial charge in [0.15, 0.2) is 0 Å². The van der Waals surface area contributed by atoms with Crippen LogP contribution in [0.2, 0.25) is 0 Å². The molecule has 9 nitrogen and oxygen atoms in total. The summed E-state index contributed by atoms with van der Waals surface area (Å²) in [6, 6.07) is 11.3. The molecule has 0 bridgehead atoms. The number of rotatable bonds is 6. The molecule has 4 rings (SSSR count). The number of sulfonamides is 1.